The smallest absolute Gasteiger partial charge is 0.223 e. The summed E-state index contributed by atoms with van der Waals surface area (Å²) in [5.41, 5.74) is 5.87. The molecule has 3 aliphatic rings. The molecule has 3 fully saturated rings. The van der Waals surface area contributed by atoms with Crippen LogP contribution in [-0.2, 0) is 9.59 Å². The Hall–Kier alpha value is -1.24. The summed E-state index contributed by atoms with van der Waals surface area (Å²) in [6.07, 6.45) is 7.04. The topological polar surface area (TPSA) is 95.7 Å². The summed E-state index contributed by atoms with van der Waals surface area (Å²) in [5, 5.41) is 14.7. The number of aliphatic hydroxyl groups is 1. The molecule has 11 atom stereocenters. The maximum Gasteiger partial charge on any atom is 0.223 e. The predicted molar refractivity (Wildman–Crippen MR) is 151 cm³/mol. The number of carbonyl (C=O) groups is 2. The zero-order chi connectivity index (χ0) is 27.9. The Morgan fingerprint density at radius 1 is 1.30 bits per heavy atom. The normalized spacial score (nSPS) is 39.8. The molecular formula is C31H55N3O3. The largest absolute Gasteiger partial charge is 0.393 e. The van der Waals surface area contributed by atoms with Crippen molar-refractivity contribution in [1.82, 2.24) is 10.2 Å². The van der Waals surface area contributed by atoms with Crippen LogP contribution >= 0.6 is 0 Å². The van der Waals surface area contributed by atoms with E-state index in [0.717, 1.165) is 32.1 Å². The number of rotatable bonds is 10. The monoisotopic (exact) mass is 517 g/mol. The van der Waals surface area contributed by atoms with Gasteiger partial charge in [-0.1, -0.05) is 40.7 Å². The average molecular weight is 518 g/mol. The first-order valence-corrected chi connectivity index (χ1v) is 14.7. The van der Waals surface area contributed by atoms with Crippen molar-refractivity contribution in [2.24, 2.45) is 51.6 Å². The van der Waals surface area contributed by atoms with Gasteiger partial charge in [0.2, 0.25) is 5.91 Å². The molecule has 0 aliphatic heterocycles. The third-order valence-corrected chi connectivity index (χ3v) is 12.0. The number of Topliss-reactive ketones (excluding diaryl/α,β-unsaturated/α-hetero) is 1. The Morgan fingerprint density at radius 3 is 2.49 bits per heavy atom. The second-order valence-electron chi connectivity index (χ2n) is 13.8. The Kier molecular flexibility index (Phi) is 9.09. The fourth-order valence-electron chi connectivity index (χ4n) is 8.80. The molecule has 3 rings (SSSR count). The summed E-state index contributed by atoms with van der Waals surface area (Å²) in [4.78, 5) is 29.0. The van der Waals surface area contributed by atoms with Crippen LogP contribution in [0.4, 0.5) is 0 Å². The zero-order valence-corrected chi connectivity index (χ0v) is 24.8. The van der Waals surface area contributed by atoms with Gasteiger partial charge in [0.05, 0.1) is 6.10 Å². The molecule has 0 heterocycles. The minimum Gasteiger partial charge on any atom is -0.393 e. The summed E-state index contributed by atoms with van der Waals surface area (Å²) >= 11 is 0. The second kappa shape index (κ2) is 11.1. The molecule has 37 heavy (non-hydrogen) atoms. The van der Waals surface area contributed by atoms with Gasteiger partial charge in [-0.2, -0.15) is 0 Å². The Balaban J connectivity index is 1.89. The van der Waals surface area contributed by atoms with E-state index in [1.807, 2.05) is 19.9 Å². The molecular weight excluding hydrogens is 462 g/mol. The summed E-state index contributed by atoms with van der Waals surface area (Å²) in [7, 11) is 4.14. The first kappa shape index (κ1) is 30.3. The third kappa shape index (κ3) is 4.96. The van der Waals surface area contributed by atoms with Crippen LogP contribution in [0.1, 0.15) is 86.5 Å². The molecule has 3 aliphatic carbocycles. The number of ketones is 1. The maximum absolute atomic E-state index is 13.9. The fraction of sp³-hybridized carbons (Fsp3) is 0.871. The van der Waals surface area contributed by atoms with E-state index in [9.17, 15) is 14.7 Å². The summed E-state index contributed by atoms with van der Waals surface area (Å²) in [6.45, 7) is 17.5. The minimum absolute atomic E-state index is 0.00189. The molecule has 4 N–H and O–H groups in total. The number of hydrogen-bond donors (Lipinski definition) is 3. The quantitative estimate of drug-likeness (QED) is 0.373. The van der Waals surface area contributed by atoms with Gasteiger partial charge in [-0.15, -0.1) is 6.58 Å². The van der Waals surface area contributed by atoms with E-state index in [-0.39, 0.29) is 63.8 Å². The number of nitrogens with zero attached hydrogens (tertiary/aromatic N) is 1. The Bertz CT molecular complexity index is 861. The Morgan fingerprint density at radius 2 is 1.95 bits per heavy atom. The lowest BCUT2D eigenvalue weighted by atomic mass is 9.45. The van der Waals surface area contributed by atoms with Crippen molar-refractivity contribution in [3.63, 3.8) is 0 Å². The number of fused-ring (bicyclic) bond motifs is 3. The molecule has 0 radical (unpaired) electrons. The van der Waals surface area contributed by atoms with Crippen LogP contribution in [0.15, 0.2) is 12.7 Å². The van der Waals surface area contributed by atoms with Crippen molar-refractivity contribution < 1.29 is 14.7 Å². The molecule has 3 saturated carbocycles. The van der Waals surface area contributed by atoms with Crippen molar-refractivity contribution >= 4 is 11.7 Å². The maximum atomic E-state index is 13.9. The summed E-state index contributed by atoms with van der Waals surface area (Å²) < 4.78 is 0. The predicted octanol–water partition coefficient (Wildman–Crippen LogP) is 4.41. The van der Waals surface area contributed by atoms with E-state index < -0.39 is 6.10 Å². The first-order valence-electron chi connectivity index (χ1n) is 14.7. The Labute approximate surface area is 226 Å². The van der Waals surface area contributed by atoms with Gasteiger partial charge in [-0.25, -0.2) is 0 Å². The van der Waals surface area contributed by atoms with Crippen LogP contribution in [0.25, 0.3) is 0 Å². The molecule has 0 aromatic rings. The third-order valence-electron chi connectivity index (χ3n) is 12.0. The average Bonchev–Trinajstić information content (AvgIpc) is 3.06. The van der Waals surface area contributed by atoms with Gasteiger partial charge in [-0.3, -0.25) is 9.59 Å². The van der Waals surface area contributed by atoms with Crippen molar-refractivity contribution in [2.45, 2.75) is 105 Å². The molecule has 0 saturated heterocycles. The van der Waals surface area contributed by atoms with Crippen LogP contribution in [0.5, 0.6) is 0 Å². The molecule has 0 bridgehead atoms. The van der Waals surface area contributed by atoms with Crippen molar-refractivity contribution in [3.8, 4) is 0 Å². The van der Waals surface area contributed by atoms with Crippen molar-refractivity contribution in [1.29, 1.82) is 0 Å². The number of hydrogen-bond acceptors (Lipinski definition) is 5. The first-order chi connectivity index (χ1) is 17.2. The molecule has 6 nitrogen and oxygen atoms in total. The lowest BCUT2D eigenvalue weighted by molar-refractivity contribution is -0.155. The van der Waals surface area contributed by atoms with Crippen LogP contribution in [0.3, 0.4) is 0 Å². The molecule has 0 aromatic heterocycles. The molecule has 0 unspecified atom stereocenters. The lowest BCUT2D eigenvalue weighted by Crippen LogP contribution is -2.59. The van der Waals surface area contributed by atoms with E-state index >= 15 is 0 Å². The highest BCUT2D eigenvalue weighted by molar-refractivity contribution is 5.84. The van der Waals surface area contributed by atoms with E-state index in [1.54, 1.807) is 0 Å². The number of aliphatic hydroxyl groups excluding tert-OH is 1. The fourth-order valence-corrected chi connectivity index (χ4v) is 8.80. The zero-order valence-electron chi connectivity index (χ0n) is 24.8. The lowest BCUT2D eigenvalue weighted by Gasteiger charge is -2.59. The summed E-state index contributed by atoms with van der Waals surface area (Å²) in [6, 6.07) is 0.105. The SMILES string of the molecule is C=CC[C@H](NC(=O)[C@@H](C)CC)[C@@](C)(CN)[C@@H]1CC[C@@H]2[C@@H](C1)C(=O)C[C@]1(C)[C@@H]([C@H](C)N(C)C)[C@H](O)C[C@@]21C. The molecule has 1 amide bonds. The van der Waals surface area contributed by atoms with Crippen LogP contribution < -0.4 is 11.1 Å². The van der Waals surface area contributed by atoms with Gasteiger partial charge >= 0.3 is 0 Å². The standard InChI is InChI=1S/C31H55N3O3/c1-10-12-26(33-28(37)19(3)11-2)29(5,18-32)21-13-14-23-22(15-21)24(35)16-31(7)27(20(4)34(8)9)25(36)17-30(23,31)6/h10,19-23,25-27,36H,1,11-18,32H2,2-9H3,(H,33,37)/t19-,20-,21+,22+,23+,25+,26-,27-,29-,30-,31+/m0/s1. The second-order valence-corrected chi connectivity index (χ2v) is 13.8. The highest BCUT2D eigenvalue weighted by atomic mass is 16.3. The van der Waals surface area contributed by atoms with E-state index in [2.05, 4.69) is 58.6 Å². The van der Waals surface area contributed by atoms with E-state index in [0.29, 0.717) is 25.2 Å². The molecule has 6 heteroatoms. The van der Waals surface area contributed by atoms with Gasteiger partial charge in [0.15, 0.2) is 0 Å². The van der Waals surface area contributed by atoms with E-state index in [4.69, 9.17) is 5.73 Å². The van der Waals surface area contributed by atoms with Gasteiger partial charge in [-0.05, 0) is 88.8 Å². The van der Waals surface area contributed by atoms with Gasteiger partial charge in [0.1, 0.15) is 5.78 Å². The highest BCUT2D eigenvalue weighted by Crippen LogP contribution is 2.69. The van der Waals surface area contributed by atoms with E-state index in [1.165, 1.54) is 0 Å². The van der Waals surface area contributed by atoms with Crippen molar-refractivity contribution in [3.05, 3.63) is 12.7 Å². The van der Waals surface area contributed by atoms with Gasteiger partial charge < -0.3 is 21.1 Å². The molecule has 0 aromatic carbocycles. The minimum atomic E-state index is -0.390. The van der Waals surface area contributed by atoms with Crippen LogP contribution in [0.2, 0.25) is 0 Å². The highest BCUT2D eigenvalue weighted by Gasteiger charge is 2.68. The van der Waals surface area contributed by atoms with Crippen molar-refractivity contribution in [2.75, 3.05) is 20.6 Å². The number of nitrogens with one attached hydrogen (secondary N) is 1. The number of amides is 1. The van der Waals surface area contributed by atoms with Gasteiger partial charge in [0.25, 0.3) is 0 Å². The molecule has 212 valence electrons. The van der Waals surface area contributed by atoms with Crippen LogP contribution in [0, 0.1) is 45.8 Å². The van der Waals surface area contributed by atoms with Crippen LogP contribution in [-0.4, -0.2) is 60.5 Å². The van der Waals surface area contributed by atoms with Gasteiger partial charge in [0, 0.05) is 41.7 Å². The molecule has 0 spiro atoms. The number of nitrogens with two attached hydrogens (primary N) is 1. The number of carbonyl (C=O) groups excluding carboxylic acids is 2. The summed E-state index contributed by atoms with van der Waals surface area (Å²) in [5.74, 6) is 0.993.